The molecule has 100 valence electrons. The standard InChI is InChI=1S/C17H15NO2/c1-11-14-5-3-4-6-15(14)18-16(11)12-7-9-13(10-8-12)17(19)20-2/h3-10,18H,1-2H3. The molecule has 0 radical (unpaired) electrons. The summed E-state index contributed by atoms with van der Waals surface area (Å²) in [5, 5.41) is 1.22. The van der Waals surface area contributed by atoms with Crippen LogP contribution in [0.3, 0.4) is 0 Å². The number of carbonyl (C=O) groups is 1. The fourth-order valence-electron chi connectivity index (χ4n) is 2.46. The van der Waals surface area contributed by atoms with E-state index in [-0.39, 0.29) is 5.97 Å². The fourth-order valence-corrected chi connectivity index (χ4v) is 2.46. The average Bonchev–Trinajstić information content (AvgIpc) is 2.84. The van der Waals surface area contributed by atoms with Gasteiger partial charge in [0.25, 0.3) is 0 Å². The number of H-pyrrole nitrogens is 1. The minimum Gasteiger partial charge on any atom is -0.465 e. The molecule has 3 aromatic rings. The number of para-hydroxylation sites is 1. The maximum Gasteiger partial charge on any atom is 0.337 e. The molecule has 0 amide bonds. The van der Waals surface area contributed by atoms with Gasteiger partial charge in [-0.25, -0.2) is 4.79 Å². The lowest BCUT2D eigenvalue weighted by atomic mass is 10.0. The van der Waals surface area contributed by atoms with Gasteiger partial charge in [-0.15, -0.1) is 0 Å². The van der Waals surface area contributed by atoms with E-state index in [1.165, 1.54) is 18.1 Å². The number of benzene rings is 2. The smallest absolute Gasteiger partial charge is 0.337 e. The summed E-state index contributed by atoms with van der Waals surface area (Å²) in [5.74, 6) is -0.315. The maximum absolute atomic E-state index is 11.4. The molecule has 0 saturated carbocycles. The van der Waals surface area contributed by atoms with E-state index in [1.807, 2.05) is 24.3 Å². The first-order valence-corrected chi connectivity index (χ1v) is 6.47. The van der Waals surface area contributed by atoms with Gasteiger partial charge in [-0.1, -0.05) is 30.3 Å². The zero-order chi connectivity index (χ0) is 14.1. The van der Waals surface area contributed by atoms with Gasteiger partial charge >= 0.3 is 5.97 Å². The van der Waals surface area contributed by atoms with Crippen molar-refractivity contribution in [1.82, 2.24) is 4.98 Å². The Labute approximate surface area is 117 Å². The van der Waals surface area contributed by atoms with Gasteiger partial charge < -0.3 is 9.72 Å². The third kappa shape index (κ3) is 1.97. The molecule has 0 aliphatic carbocycles. The Kier molecular flexibility index (Phi) is 3.03. The van der Waals surface area contributed by atoms with Crippen LogP contribution < -0.4 is 0 Å². The van der Waals surface area contributed by atoms with Crippen molar-refractivity contribution in [3.63, 3.8) is 0 Å². The molecule has 0 unspecified atom stereocenters. The van der Waals surface area contributed by atoms with Gasteiger partial charge in [-0.05, 0) is 36.2 Å². The molecule has 1 N–H and O–H groups in total. The van der Waals surface area contributed by atoms with Crippen molar-refractivity contribution < 1.29 is 9.53 Å². The van der Waals surface area contributed by atoms with Crippen molar-refractivity contribution in [2.45, 2.75) is 6.92 Å². The summed E-state index contributed by atoms with van der Waals surface area (Å²) in [5.41, 5.74) is 5.04. The molecule has 0 saturated heterocycles. The van der Waals surface area contributed by atoms with Gasteiger partial charge in [-0.2, -0.15) is 0 Å². The molecule has 0 aliphatic heterocycles. The van der Waals surface area contributed by atoms with E-state index in [9.17, 15) is 4.79 Å². The lowest BCUT2D eigenvalue weighted by molar-refractivity contribution is 0.0601. The summed E-state index contributed by atoms with van der Waals surface area (Å²) in [4.78, 5) is 14.9. The zero-order valence-electron chi connectivity index (χ0n) is 11.4. The summed E-state index contributed by atoms with van der Waals surface area (Å²) >= 11 is 0. The predicted molar refractivity (Wildman–Crippen MR) is 79.8 cm³/mol. The Morgan fingerprint density at radius 3 is 2.40 bits per heavy atom. The minimum absolute atomic E-state index is 0.315. The number of fused-ring (bicyclic) bond motifs is 1. The largest absolute Gasteiger partial charge is 0.465 e. The first kappa shape index (κ1) is 12.5. The highest BCUT2D eigenvalue weighted by Crippen LogP contribution is 2.29. The van der Waals surface area contributed by atoms with Gasteiger partial charge in [0.15, 0.2) is 0 Å². The SMILES string of the molecule is COC(=O)c1ccc(-c2[nH]c3ccccc3c2C)cc1. The van der Waals surface area contributed by atoms with Gasteiger partial charge in [0.05, 0.1) is 12.7 Å². The molecular weight excluding hydrogens is 250 g/mol. The number of aryl methyl sites for hydroxylation is 1. The van der Waals surface area contributed by atoms with E-state index < -0.39 is 0 Å². The molecule has 3 nitrogen and oxygen atoms in total. The molecule has 3 rings (SSSR count). The van der Waals surface area contributed by atoms with Gasteiger partial charge in [0.2, 0.25) is 0 Å². The van der Waals surface area contributed by atoms with E-state index >= 15 is 0 Å². The van der Waals surface area contributed by atoms with Crippen LogP contribution in [0, 0.1) is 6.92 Å². The maximum atomic E-state index is 11.4. The van der Waals surface area contributed by atoms with E-state index in [2.05, 4.69) is 24.0 Å². The summed E-state index contributed by atoms with van der Waals surface area (Å²) in [6.45, 7) is 2.10. The number of rotatable bonds is 2. The summed E-state index contributed by atoms with van der Waals surface area (Å²) in [6.07, 6.45) is 0. The van der Waals surface area contributed by atoms with Gasteiger partial charge in [0, 0.05) is 16.6 Å². The number of aromatic amines is 1. The van der Waals surface area contributed by atoms with E-state index in [0.717, 1.165) is 16.8 Å². The minimum atomic E-state index is -0.315. The molecule has 0 bridgehead atoms. The Balaban J connectivity index is 2.07. The Hall–Kier alpha value is -2.55. The summed E-state index contributed by atoms with van der Waals surface area (Å²) in [6, 6.07) is 15.7. The summed E-state index contributed by atoms with van der Waals surface area (Å²) < 4.78 is 4.71. The van der Waals surface area contributed by atoms with Crippen LogP contribution in [-0.4, -0.2) is 18.1 Å². The molecule has 0 aliphatic rings. The highest BCUT2D eigenvalue weighted by molar-refractivity contribution is 5.92. The second kappa shape index (κ2) is 4.85. The van der Waals surface area contributed by atoms with E-state index in [1.54, 1.807) is 12.1 Å². The first-order valence-electron chi connectivity index (χ1n) is 6.47. The molecule has 0 spiro atoms. The molecular formula is C17H15NO2. The van der Waals surface area contributed by atoms with Crippen LogP contribution in [-0.2, 0) is 4.74 Å². The molecule has 2 aromatic carbocycles. The fraction of sp³-hybridized carbons (Fsp3) is 0.118. The van der Waals surface area contributed by atoms with Crippen LogP contribution in [0.25, 0.3) is 22.2 Å². The number of methoxy groups -OCH3 is 1. The van der Waals surface area contributed by atoms with Crippen LogP contribution >= 0.6 is 0 Å². The monoisotopic (exact) mass is 265 g/mol. The first-order chi connectivity index (χ1) is 9.70. The highest BCUT2D eigenvalue weighted by atomic mass is 16.5. The third-order valence-electron chi connectivity index (χ3n) is 3.56. The highest BCUT2D eigenvalue weighted by Gasteiger charge is 2.10. The molecule has 0 atom stereocenters. The van der Waals surface area contributed by atoms with Crippen LogP contribution in [0.15, 0.2) is 48.5 Å². The number of hydrogen-bond acceptors (Lipinski definition) is 2. The molecule has 0 fully saturated rings. The lowest BCUT2D eigenvalue weighted by Crippen LogP contribution is -2.00. The number of carbonyl (C=O) groups excluding carboxylic acids is 1. The van der Waals surface area contributed by atoms with Gasteiger partial charge in [-0.3, -0.25) is 0 Å². The van der Waals surface area contributed by atoms with Crippen molar-refractivity contribution in [2.24, 2.45) is 0 Å². The zero-order valence-corrected chi connectivity index (χ0v) is 11.4. The summed E-state index contributed by atoms with van der Waals surface area (Å²) in [7, 11) is 1.39. The number of hydrogen-bond donors (Lipinski definition) is 1. The normalized spacial score (nSPS) is 10.7. The Morgan fingerprint density at radius 1 is 1.05 bits per heavy atom. The Bertz CT molecular complexity index is 769. The molecule has 3 heteroatoms. The topological polar surface area (TPSA) is 42.1 Å². The number of nitrogens with one attached hydrogen (secondary N) is 1. The van der Waals surface area contributed by atoms with Gasteiger partial charge in [0.1, 0.15) is 0 Å². The Morgan fingerprint density at radius 2 is 1.75 bits per heavy atom. The quantitative estimate of drug-likeness (QED) is 0.713. The molecule has 1 heterocycles. The van der Waals surface area contributed by atoms with Crippen molar-refractivity contribution >= 4 is 16.9 Å². The van der Waals surface area contributed by atoms with Crippen molar-refractivity contribution in [3.05, 3.63) is 59.7 Å². The number of aromatic nitrogens is 1. The van der Waals surface area contributed by atoms with Crippen LogP contribution in [0.2, 0.25) is 0 Å². The average molecular weight is 265 g/mol. The number of ether oxygens (including phenoxy) is 1. The van der Waals surface area contributed by atoms with E-state index in [4.69, 9.17) is 4.74 Å². The van der Waals surface area contributed by atoms with Crippen molar-refractivity contribution in [1.29, 1.82) is 0 Å². The predicted octanol–water partition coefficient (Wildman–Crippen LogP) is 3.93. The van der Waals surface area contributed by atoms with Crippen molar-refractivity contribution in [3.8, 4) is 11.3 Å². The second-order valence-corrected chi connectivity index (χ2v) is 4.74. The van der Waals surface area contributed by atoms with E-state index in [0.29, 0.717) is 5.56 Å². The van der Waals surface area contributed by atoms with Crippen LogP contribution in [0.5, 0.6) is 0 Å². The second-order valence-electron chi connectivity index (χ2n) is 4.74. The van der Waals surface area contributed by atoms with Crippen molar-refractivity contribution in [2.75, 3.05) is 7.11 Å². The van der Waals surface area contributed by atoms with Crippen LogP contribution in [0.1, 0.15) is 15.9 Å². The number of esters is 1. The molecule has 20 heavy (non-hydrogen) atoms. The van der Waals surface area contributed by atoms with Crippen LogP contribution in [0.4, 0.5) is 0 Å². The molecule has 1 aromatic heterocycles. The third-order valence-corrected chi connectivity index (χ3v) is 3.56. The lowest BCUT2D eigenvalue weighted by Gasteiger charge is -2.03.